The second-order valence-corrected chi connectivity index (χ2v) is 4.13. The smallest absolute Gasteiger partial charge is 0.305 e. The van der Waals surface area contributed by atoms with Crippen LogP contribution in [0.1, 0.15) is 17.5 Å². The maximum absolute atomic E-state index is 11.1. The van der Waals surface area contributed by atoms with Crippen LogP contribution in [0.4, 0.5) is 0 Å². The molecule has 3 rings (SSSR count). The predicted molar refractivity (Wildman–Crippen MR) is 62.3 cm³/mol. The first-order chi connectivity index (χ1) is 7.83. The molecule has 0 bridgehead atoms. The summed E-state index contributed by atoms with van der Waals surface area (Å²) in [4.78, 5) is 17.5. The van der Waals surface area contributed by atoms with Crippen molar-refractivity contribution in [3.05, 3.63) is 52.1 Å². The molecule has 1 aromatic carbocycles. The molecule has 80 valence electrons. The van der Waals surface area contributed by atoms with Crippen LogP contribution in [0, 0.1) is 0 Å². The fourth-order valence-corrected chi connectivity index (χ4v) is 2.28. The minimum atomic E-state index is -0.294. The highest BCUT2D eigenvalue weighted by molar-refractivity contribution is 5.61. The van der Waals surface area contributed by atoms with Gasteiger partial charge in [-0.25, -0.2) is 9.78 Å². The zero-order chi connectivity index (χ0) is 11.0. The van der Waals surface area contributed by atoms with Gasteiger partial charge >= 0.3 is 5.69 Å². The Hall–Kier alpha value is -1.90. The highest BCUT2D eigenvalue weighted by atomic mass is 16.1. The van der Waals surface area contributed by atoms with Gasteiger partial charge in [0.2, 0.25) is 0 Å². The summed E-state index contributed by atoms with van der Waals surface area (Å²) >= 11 is 0. The molecule has 1 N–H and O–H groups in total. The predicted octanol–water partition coefficient (Wildman–Crippen LogP) is 1.93. The van der Waals surface area contributed by atoms with E-state index < -0.39 is 0 Å². The van der Waals surface area contributed by atoms with Gasteiger partial charge < -0.3 is 4.98 Å². The number of fused-ring (bicyclic) bond motifs is 1. The fraction of sp³-hybridized carbons (Fsp3) is 0.231. The van der Waals surface area contributed by atoms with Crippen molar-refractivity contribution in [3.63, 3.8) is 0 Å². The van der Waals surface area contributed by atoms with E-state index >= 15 is 0 Å². The van der Waals surface area contributed by atoms with Crippen LogP contribution in [0.2, 0.25) is 0 Å². The van der Waals surface area contributed by atoms with Gasteiger partial charge in [-0.1, -0.05) is 12.1 Å². The fourth-order valence-electron chi connectivity index (χ4n) is 2.28. The maximum atomic E-state index is 11.1. The molecule has 3 nitrogen and oxygen atoms in total. The molecule has 0 saturated carbocycles. The lowest BCUT2D eigenvalue weighted by atomic mass is 10.0. The Morgan fingerprint density at radius 3 is 2.88 bits per heavy atom. The normalized spacial score (nSPS) is 13.8. The van der Waals surface area contributed by atoms with Crippen molar-refractivity contribution in [1.29, 1.82) is 0 Å². The third-order valence-electron chi connectivity index (χ3n) is 3.08. The third-order valence-corrected chi connectivity index (χ3v) is 3.08. The maximum Gasteiger partial charge on any atom is 0.345 e. The molecule has 1 heterocycles. The molecule has 0 unspecified atom stereocenters. The Labute approximate surface area is 93.2 Å². The molecule has 16 heavy (non-hydrogen) atoms. The molecule has 2 aromatic rings. The van der Waals surface area contributed by atoms with Gasteiger partial charge in [0.1, 0.15) is 0 Å². The average Bonchev–Trinajstić information content (AvgIpc) is 2.75. The summed E-state index contributed by atoms with van der Waals surface area (Å²) in [6, 6.07) is 8.23. The number of hydrogen-bond donors (Lipinski definition) is 1. The first-order valence-corrected chi connectivity index (χ1v) is 5.50. The van der Waals surface area contributed by atoms with Crippen LogP contribution in [0.25, 0.3) is 11.3 Å². The van der Waals surface area contributed by atoms with Crippen LogP contribution < -0.4 is 5.69 Å². The number of rotatable bonds is 1. The standard InChI is InChI=1S/C13H12N2O/c16-13-14-7-6-12(15-13)11-5-4-9-2-1-3-10(9)8-11/h4-8H,1-3H2,(H,14,15,16). The Kier molecular flexibility index (Phi) is 2.10. The number of benzene rings is 1. The van der Waals surface area contributed by atoms with E-state index in [4.69, 9.17) is 0 Å². The van der Waals surface area contributed by atoms with Crippen molar-refractivity contribution < 1.29 is 0 Å². The van der Waals surface area contributed by atoms with Gasteiger partial charge in [-0.2, -0.15) is 0 Å². The van der Waals surface area contributed by atoms with Gasteiger partial charge in [0, 0.05) is 6.20 Å². The number of nitrogens with one attached hydrogen (secondary N) is 1. The molecular weight excluding hydrogens is 200 g/mol. The van der Waals surface area contributed by atoms with E-state index in [1.54, 1.807) is 6.20 Å². The molecule has 0 saturated heterocycles. The monoisotopic (exact) mass is 212 g/mol. The summed E-state index contributed by atoms with van der Waals surface area (Å²) in [6.07, 6.45) is 5.12. The van der Waals surface area contributed by atoms with E-state index in [-0.39, 0.29) is 5.69 Å². The van der Waals surface area contributed by atoms with E-state index in [0.717, 1.165) is 17.7 Å². The first kappa shape index (κ1) is 9.33. The van der Waals surface area contributed by atoms with E-state index in [0.29, 0.717) is 0 Å². The van der Waals surface area contributed by atoms with Crippen molar-refractivity contribution in [1.82, 2.24) is 9.97 Å². The van der Waals surface area contributed by atoms with Crippen LogP contribution in [-0.2, 0) is 12.8 Å². The molecule has 0 radical (unpaired) electrons. The van der Waals surface area contributed by atoms with Crippen molar-refractivity contribution in [2.24, 2.45) is 0 Å². The Balaban J connectivity index is 2.10. The van der Waals surface area contributed by atoms with Crippen molar-refractivity contribution in [3.8, 4) is 11.3 Å². The molecule has 0 atom stereocenters. The average molecular weight is 212 g/mol. The summed E-state index contributed by atoms with van der Waals surface area (Å²) in [5, 5.41) is 0. The Morgan fingerprint density at radius 2 is 2.00 bits per heavy atom. The van der Waals surface area contributed by atoms with Crippen LogP contribution in [-0.4, -0.2) is 9.97 Å². The first-order valence-electron chi connectivity index (χ1n) is 5.50. The molecule has 0 spiro atoms. The number of hydrogen-bond acceptors (Lipinski definition) is 2. The lowest BCUT2D eigenvalue weighted by Crippen LogP contribution is -2.09. The molecule has 1 aliphatic rings. The van der Waals surface area contributed by atoms with Gasteiger partial charge in [-0.3, -0.25) is 0 Å². The van der Waals surface area contributed by atoms with Crippen LogP contribution in [0.15, 0.2) is 35.3 Å². The number of nitrogens with zero attached hydrogens (tertiary/aromatic N) is 1. The Bertz CT molecular complexity index is 586. The SMILES string of the molecule is O=c1nccc(-c2ccc3c(c2)CCC3)[nH]1. The second kappa shape index (κ2) is 3.59. The van der Waals surface area contributed by atoms with E-state index in [9.17, 15) is 4.79 Å². The largest absolute Gasteiger partial charge is 0.345 e. The second-order valence-electron chi connectivity index (χ2n) is 4.13. The van der Waals surface area contributed by atoms with Crippen molar-refractivity contribution >= 4 is 0 Å². The van der Waals surface area contributed by atoms with E-state index in [2.05, 4.69) is 28.2 Å². The van der Waals surface area contributed by atoms with Gasteiger partial charge in [0.15, 0.2) is 0 Å². The van der Waals surface area contributed by atoms with Gasteiger partial charge in [-0.15, -0.1) is 0 Å². The summed E-state index contributed by atoms with van der Waals surface area (Å²) in [5.41, 5.74) is 4.48. The summed E-state index contributed by atoms with van der Waals surface area (Å²) in [5.74, 6) is 0. The quantitative estimate of drug-likeness (QED) is 0.785. The molecule has 0 amide bonds. The molecular formula is C13H12N2O. The number of H-pyrrole nitrogens is 1. The van der Waals surface area contributed by atoms with Crippen molar-refractivity contribution in [2.75, 3.05) is 0 Å². The van der Waals surface area contributed by atoms with Crippen LogP contribution in [0.5, 0.6) is 0 Å². The van der Waals surface area contributed by atoms with E-state index in [1.807, 2.05) is 6.07 Å². The molecule has 1 aromatic heterocycles. The number of aromatic amines is 1. The highest BCUT2D eigenvalue weighted by Gasteiger charge is 2.11. The number of aryl methyl sites for hydroxylation is 2. The molecule has 1 aliphatic carbocycles. The zero-order valence-corrected chi connectivity index (χ0v) is 8.86. The molecule has 0 aliphatic heterocycles. The minimum absolute atomic E-state index is 0.294. The lowest BCUT2D eigenvalue weighted by molar-refractivity contribution is 0.912. The minimum Gasteiger partial charge on any atom is -0.305 e. The Morgan fingerprint density at radius 1 is 1.12 bits per heavy atom. The van der Waals surface area contributed by atoms with E-state index in [1.165, 1.54) is 24.0 Å². The van der Waals surface area contributed by atoms with Gasteiger partial charge in [0.05, 0.1) is 5.69 Å². The summed E-state index contributed by atoms with van der Waals surface area (Å²) in [7, 11) is 0. The highest BCUT2D eigenvalue weighted by Crippen LogP contribution is 2.26. The summed E-state index contributed by atoms with van der Waals surface area (Å²) < 4.78 is 0. The third kappa shape index (κ3) is 1.54. The van der Waals surface area contributed by atoms with Gasteiger partial charge in [0.25, 0.3) is 0 Å². The topological polar surface area (TPSA) is 45.8 Å². The van der Waals surface area contributed by atoms with Crippen LogP contribution in [0.3, 0.4) is 0 Å². The zero-order valence-electron chi connectivity index (χ0n) is 8.86. The molecule has 3 heteroatoms. The molecule has 0 fully saturated rings. The van der Waals surface area contributed by atoms with Gasteiger partial charge in [-0.05, 0) is 48.1 Å². The van der Waals surface area contributed by atoms with Crippen LogP contribution >= 0.6 is 0 Å². The summed E-state index contributed by atoms with van der Waals surface area (Å²) in [6.45, 7) is 0. The van der Waals surface area contributed by atoms with Crippen molar-refractivity contribution in [2.45, 2.75) is 19.3 Å². The lowest BCUT2D eigenvalue weighted by Gasteiger charge is -2.04. The number of aromatic nitrogens is 2.